The van der Waals surface area contributed by atoms with Crippen LogP contribution < -0.4 is 15.8 Å². The summed E-state index contributed by atoms with van der Waals surface area (Å²) in [6.45, 7) is 6.16. The van der Waals surface area contributed by atoms with Gasteiger partial charge in [-0.3, -0.25) is 4.79 Å². The highest BCUT2D eigenvalue weighted by molar-refractivity contribution is 7.83. The maximum absolute atomic E-state index is 12.9. The number of hydrogen-bond donors (Lipinski definition) is 3. The lowest BCUT2D eigenvalue weighted by Gasteiger charge is -2.18. The zero-order chi connectivity index (χ0) is 28.1. The summed E-state index contributed by atoms with van der Waals surface area (Å²) >= 11 is 1.67. The van der Waals surface area contributed by atoms with E-state index < -0.39 is 23.4 Å². The second-order valence-electron chi connectivity index (χ2n) is 8.97. The Bertz CT molecular complexity index is 1050. The Morgan fingerprint density at radius 1 is 1.18 bits per heavy atom. The first-order valence-electron chi connectivity index (χ1n) is 12.7. The van der Waals surface area contributed by atoms with Crippen LogP contribution in [-0.4, -0.2) is 60.9 Å². The monoisotopic (exact) mass is 568 g/mol. The van der Waals surface area contributed by atoms with Crippen LogP contribution in [0.25, 0.3) is 10.4 Å². The fourth-order valence-corrected chi connectivity index (χ4v) is 6.17. The molecule has 1 heterocycles. The topological polar surface area (TPSA) is 142 Å². The van der Waals surface area contributed by atoms with E-state index >= 15 is 0 Å². The van der Waals surface area contributed by atoms with Gasteiger partial charge in [-0.25, -0.2) is 18.7 Å². The Hall–Kier alpha value is -2.38. The molecule has 1 saturated carbocycles. The summed E-state index contributed by atoms with van der Waals surface area (Å²) < 4.78 is 30.5. The predicted octanol–water partition coefficient (Wildman–Crippen LogP) is 4.33. The highest BCUT2D eigenvalue weighted by Gasteiger charge is 2.22. The molecular weight excluding hydrogens is 528 g/mol. The number of ether oxygens (including phenoxy) is 3. The number of nitrogens with two attached hydrogens (primary N) is 1. The minimum Gasteiger partial charge on any atom is -0.447 e. The Balaban J connectivity index is 0.000000638. The van der Waals surface area contributed by atoms with Crippen molar-refractivity contribution in [3.05, 3.63) is 35.0 Å². The number of methoxy groups -OCH3 is 2. The van der Waals surface area contributed by atoms with Gasteiger partial charge < -0.3 is 25.3 Å². The fourth-order valence-electron chi connectivity index (χ4n) is 3.95. The van der Waals surface area contributed by atoms with E-state index in [9.17, 15) is 13.8 Å². The van der Waals surface area contributed by atoms with E-state index in [0.29, 0.717) is 22.9 Å². The lowest BCUT2D eigenvalue weighted by Crippen LogP contribution is -2.34. The molecule has 0 saturated heterocycles. The Morgan fingerprint density at radius 3 is 2.42 bits per heavy atom. The highest BCUT2D eigenvalue weighted by atomic mass is 32.2. The van der Waals surface area contributed by atoms with E-state index in [1.807, 2.05) is 19.2 Å². The van der Waals surface area contributed by atoms with Gasteiger partial charge in [-0.15, -0.1) is 11.3 Å². The molecule has 38 heavy (non-hydrogen) atoms. The zero-order valence-corrected chi connectivity index (χ0v) is 24.4. The van der Waals surface area contributed by atoms with Crippen LogP contribution in [0.1, 0.15) is 74.2 Å². The summed E-state index contributed by atoms with van der Waals surface area (Å²) in [5.74, 6) is 0.252. The molecule has 212 valence electrons. The molecule has 1 fully saturated rings. The average Bonchev–Trinajstić information content (AvgIpc) is 3.39. The van der Waals surface area contributed by atoms with Gasteiger partial charge >= 0.3 is 6.09 Å². The van der Waals surface area contributed by atoms with Crippen LogP contribution in [0.2, 0.25) is 0 Å². The number of nitrogens with one attached hydrogen (secondary N) is 2. The van der Waals surface area contributed by atoms with E-state index in [4.69, 9.17) is 9.47 Å². The van der Waals surface area contributed by atoms with Crippen LogP contribution in [0.3, 0.4) is 0 Å². The van der Waals surface area contributed by atoms with E-state index in [1.54, 1.807) is 37.3 Å². The third-order valence-electron chi connectivity index (χ3n) is 5.77. The smallest absolute Gasteiger partial charge is 0.404 e. The van der Waals surface area contributed by atoms with Crippen molar-refractivity contribution in [1.29, 1.82) is 0 Å². The van der Waals surface area contributed by atoms with Gasteiger partial charge in [-0.05, 0) is 38.8 Å². The van der Waals surface area contributed by atoms with Crippen molar-refractivity contribution in [3.8, 4) is 10.4 Å². The van der Waals surface area contributed by atoms with Crippen molar-refractivity contribution in [1.82, 2.24) is 15.0 Å². The summed E-state index contributed by atoms with van der Waals surface area (Å²) in [7, 11) is 1.60. The van der Waals surface area contributed by atoms with Gasteiger partial charge in [0.05, 0.1) is 27.4 Å². The second kappa shape index (κ2) is 16.6. The second-order valence-corrected chi connectivity index (χ2v) is 11.3. The van der Waals surface area contributed by atoms with Gasteiger partial charge in [0.2, 0.25) is 0 Å². The summed E-state index contributed by atoms with van der Waals surface area (Å²) in [5.41, 5.74) is 5.92. The molecule has 0 aliphatic heterocycles. The largest absolute Gasteiger partial charge is 0.447 e. The first kappa shape index (κ1) is 31.8. The quantitative estimate of drug-likeness (QED) is 0.343. The molecule has 0 radical (unpaired) electrons. The van der Waals surface area contributed by atoms with Gasteiger partial charge in [0.25, 0.3) is 5.91 Å². The molecule has 1 aromatic carbocycles. The van der Waals surface area contributed by atoms with Crippen molar-refractivity contribution >= 4 is 34.3 Å². The van der Waals surface area contributed by atoms with Crippen LogP contribution >= 0.6 is 11.3 Å². The molecular formula is C26H40N4O6S2. The van der Waals surface area contributed by atoms with Crippen LogP contribution in [-0.2, 0) is 25.2 Å². The van der Waals surface area contributed by atoms with E-state index in [2.05, 4.69) is 25.5 Å². The Labute approximate surface area is 231 Å². The number of aromatic nitrogens is 1. The molecule has 0 bridgehead atoms. The van der Waals surface area contributed by atoms with Crippen molar-refractivity contribution in [2.24, 2.45) is 5.73 Å². The van der Waals surface area contributed by atoms with Gasteiger partial charge in [0.15, 0.2) is 6.29 Å². The number of primary amides is 1. The van der Waals surface area contributed by atoms with Crippen molar-refractivity contribution < 1.29 is 28.0 Å². The standard InChI is InChI=1S/C22H31N3O4S2.C4H9NO2/c1-4-25-31(27)19-12-16(21(26)23-14-20(28-2)29-3)10-11-17(19)18-13-24-22(30-18)15-8-6-5-7-9-15;1-3(2)7-4(5)6/h10-13,15,20,25H,4-9,14H2,1-3H3,(H,23,26);3H,1-2H3,(H2,5,6). The third-order valence-corrected chi connectivity index (χ3v) is 8.25. The number of carbonyl (C=O) groups is 2. The van der Waals surface area contributed by atoms with Crippen LogP contribution in [0, 0.1) is 0 Å². The molecule has 1 aromatic heterocycles. The summed E-state index contributed by atoms with van der Waals surface area (Å²) in [4.78, 5) is 28.7. The predicted molar refractivity (Wildman–Crippen MR) is 149 cm³/mol. The number of amides is 2. The van der Waals surface area contributed by atoms with Gasteiger partial charge in [0, 0.05) is 44.0 Å². The molecule has 10 nitrogen and oxygen atoms in total. The molecule has 0 spiro atoms. The normalized spacial score (nSPS) is 14.6. The highest BCUT2D eigenvalue weighted by Crippen LogP contribution is 2.39. The fraction of sp³-hybridized carbons (Fsp3) is 0.577. The molecule has 3 rings (SSSR count). The molecule has 2 amide bonds. The van der Waals surface area contributed by atoms with E-state index in [-0.39, 0.29) is 18.6 Å². The molecule has 1 aliphatic carbocycles. The summed E-state index contributed by atoms with van der Waals surface area (Å²) in [5, 5.41) is 3.94. The number of thiazole rings is 1. The first-order valence-corrected chi connectivity index (χ1v) is 14.7. The van der Waals surface area contributed by atoms with Gasteiger partial charge in [-0.1, -0.05) is 32.3 Å². The first-order chi connectivity index (χ1) is 18.2. The lowest BCUT2D eigenvalue weighted by molar-refractivity contribution is -0.0974. The summed E-state index contributed by atoms with van der Waals surface area (Å²) in [6, 6.07) is 5.31. The van der Waals surface area contributed by atoms with E-state index in [0.717, 1.165) is 15.4 Å². The molecule has 1 aliphatic rings. The van der Waals surface area contributed by atoms with Gasteiger partial charge in [-0.2, -0.15) is 0 Å². The molecule has 12 heteroatoms. The lowest BCUT2D eigenvalue weighted by atomic mass is 9.90. The van der Waals surface area contributed by atoms with Crippen molar-refractivity contribution in [2.75, 3.05) is 27.3 Å². The number of hydrogen-bond acceptors (Lipinski definition) is 8. The molecule has 1 unspecified atom stereocenters. The number of benzene rings is 1. The third kappa shape index (κ3) is 10.1. The Morgan fingerprint density at radius 2 is 1.87 bits per heavy atom. The number of rotatable bonds is 11. The van der Waals surface area contributed by atoms with Crippen LogP contribution in [0.4, 0.5) is 4.79 Å². The van der Waals surface area contributed by atoms with Crippen LogP contribution in [0.5, 0.6) is 0 Å². The SMILES string of the molecule is CC(C)OC(N)=O.CCNS(=O)c1cc(C(=O)NCC(OC)OC)ccc1-c1cnc(C2CCCCC2)s1. The number of carbonyl (C=O) groups excluding carboxylic acids is 2. The van der Waals surface area contributed by atoms with E-state index in [1.165, 1.54) is 46.3 Å². The molecule has 4 N–H and O–H groups in total. The van der Waals surface area contributed by atoms with Crippen molar-refractivity contribution in [3.63, 3.8) is 0 Å². The number of nitrogens with zero attached hydrogens (tertiary/aromatic N) is 1. The zero-order valence-electron chi connectivity index (χ0n) is 22.8. The maximum Gasteiger partial charge on any atom is 0.404 e. The molecule has 2 aromatic rings. The minimum atomic E-state index is -1.43. The Kier molecular flexibility index (Phi) is 13.9. The average molecular weight is 569 g/mol. The maximum atomic E-state index is 12.9. The minimum absolute atomic E-state index is 0.0995. The van der Waals surface area contributed by atoms with Gasteiger partial charge in [0.1, 0.15) is 11.0 Å². The van der Waals surface area contributed by atoms with Crippen molar-refractivity contribution in [2.45, 2.75) is 76.1 Å². The molecule has 1 atom stereocenters. The van der Waals surface area contributed by atoms with Crippen LogP contribution in [0.15, 0.2) is 29.3 Å². The summed E-state index contributed by atoms with van der Waals surface area (Å²) in [6.07, 6.45) is 6.73.